The van der Waals surface area contributed by atoms with Crippen LogP contribution in [0.2, 0.25) is 15.1 Å². The molecule has 4 aromatic rings. The lowest BCUT2D eigenvalue weighted by atomic mass is 9.84. The molecule has 0 bridgehead atoms. The van der Waals surface area contributed by atoms with Crippen LogP contribution in [0.1, 0.15) is 66.1 Å². The molecule has 2 unspecified atom stereocenters. The highest BCUT2D eigenvalue weighted by atomic mass is 35.5. The number of likely N-dealkylation sites (tertiary alicyclic amines) is 1. The van der Waals surface area contributed by atoms with Gasteiger partial charge in [-0.15, -0.1) is 0 Å². The number of para-hydroxylation sites is 2. The third kappa shape index (κ3) is 8.14. The van der Waals surface area contributed by atoms with Crippen molar-refractivity contribution in [2.24, 2.45) is 11.1 Å². The Balaban J connectivity index is 1.33. The fourth-order valence-corrected chi connectivity index (χ4v) is 7.37. The van der Waals surface area contributed by atoms with Crippen molar-refractivity contribution in [3.63, 3.8) is 0 Å². The molecule has 0 radical (unpaired) electrons. The average molecular weight is 714 g/mol. The second-order valence-electron chi connectivity index (χ2n) is 12.5. The summed E-state index contributed by atoms with van der Waals surface area (Å²) < 4.78 is 3.10. The van der Waals surface area contributed by atoms with Crippen LogP contribution in [0.25, 0.3) is 11.0 Å². The van der Waals surface area contributed by atoms with Crippen molar-refractivity contribution < 1.29 is 19.5 Å². The number of carbonyl (C=O) groups excluding carboxylic acids is 1. The number of oxime groups is 1. The molecule has 2 atom stereocenters. The van der Waals surface area contributed by atoms with Crippen molar-refractivity contribution in [2.45, 2.75) is 58.0 Å². The van der Waals surface area contributed by atoms with Crippen molar-refractivity contribution in [1.29, 1.82) is 0 Å². The van der Waals surface area contributed by atoms with Crippen LogP contribution in [0.5, 0.6) is 0 Å². The summed E-state index contributed by atoms with van der Waals surface area (Å²) in [6, 6.07) is 18.2. The third-order valence-corrected chi connectivity index (χ3v) is 10.0. The number of carboxylic acid groups (broad SMARTS) is 1. The summed E-state index contributed by atoms with van der Waals surface area (Å²) in [5.41, 5.74) is 4.20. The molecule has 0 spiro atoms. The molecule has 2 heterocycles. The minimum absolute atomic E-state index is 0.0284. The summed E-state index contributed by atoms with van der Waals surface area (Å²) in [7, 11) is 1.50. The molecule has 0 aliphatic carbocycles. The van der Waals surface area contributed by atoms with Gasteiger partial charge in [-0.25, -0.2) is 4.79 Å². The molecule has 1 fully saturated rings. The zero-order valence-corrected chi connectivity index (χ0v) is 29.4. The van der Waals surface area contributed by atoms with Gasteiger partial charge in [-0.05, 0) is 92.7 Å². The Morgan fingerprint density at radius 1 is 1.00 bits per heavy atom. The van der Waals surface area contributed by atoms with E-state index in [1.165, 1.54) is 11.7 Å². The predicted molar refractivity (Wildman–Crippen MR) is 191 cm³/mol. The summed E-state index contributed by atoms with van der Waals surface area (Å²) in [6.07, 6.45) is 2.53. The third-order valence-electron chi connectivity index (χ3n) is 9.07. The van der Waals surface area contributed by atoms with Crippen molar-refractivity contribution in [1.82, 2.24) is 14.0 Å². The maximum atomic E-state index is 13.5. The topological polar surface area (TPSA) is 106 Å². The lowest BCUT2D eigenvalue weighted by molar-refractivity contribution is -0.137. The second-order valence-corrected chi connectivity index (χ2v) is 13.7. The summed E-state index contributed by atoms with van der Waals surface area (Å²) in [5.74, 6) is -1.68. The second kappa shape index (κ2) is 15.7. The standard InChI is InChI=1S/C36H39Cl3N4O5/c1-22-16-25(19-26(37)17-22)35(46)23(2)18-31(40-48-3)28(24-8-9-29(38)30(39)20-24)12-15-41-13-10-27(11-14-41)43-33-7-5-4-6-32(33)42(36(43)47)21-34(44)45/h4-9,16-17,19-20,23,27-28H,10-15,18,21H2,1-3H3,(H,44,45)/b40-31+. The van der Waals surface area contributed by atoms with E-state index in [-0.39, 0.29) is 35.9 Å². The summed E-state index contributed by atoms with van der Waals surface area (Å²) in [5, 5.41) is 15.3. The molecule has 1 aliphatic rings. The van der Waals surface area contributed by atoms with Gasteiger partial charge in [0.1, 0.15) is 13.7 Å². The molecular weight excluding hydrogens is 675 g/mol. The van der Waals surface area contributed by atoms with E-state index >= 15 is 0 Å². The zero-order valence-electron chi connectivity index (χ0n) is 27.2. The molecule has 48 heavy (non-hydrogen) atoms. The maximum absolute atomic E-state index is 13.5. The monoisotopic (exact) mass is 712 g/mol. The normalized spacial score (nSPS) is 15.8. The van der Waals surface area contributed by atoms with E-state index in [1.54, 1.807) is 22.8 Å². The van der Waals surface area contributed by atoms with Crippen molar-refractivity contribution in [2.75, 3.05) is 26.7 Å². The first kappa shape index (κ1) is 35.7. The smallest absolute Gasteiger partial charge is 0.329 e. The molecule has 254 valence electrons. The summed E-state index contributed by atoms with van der Waals surface area (Å²) >= 11 is 19.0. The van der Waals surface area contributed by atoms with Crippen LogP contribution < -0.4 is 5.69 Å². The van der Waals surface area contributed by atoms with Crippen molar-refractivity contribution >= 4 is 63.3 Å². The number of aliphatic carboxylic acids is 1. The molecule has 0 saturated carbocycles. The first-order valence-corrected chi connectivity index (χ1v) is 17.1. The molecule has 3 aromatic carbocycles. The number of halogens is 3. The molecule has 9 nitrogen and oxygen atoms in total. The zero-order chi connectivity index (χ0) is 34.5. The van der Waals surface area contributed by atoms with Gasteiger partial charge in [-0.2, -0.15) is 0 Å². The van der Waals surface area contributed by atoms with Gasteiger partial charge in [0.25, 0.3) is 0 Å². The molecule has 5 rings (SSSR count). The highest BCUT2D eigenvalue weighted by Crippen LogP contribution is 2.33. The highest BCUT2D eigenvalue weighted by Gasteiger charge is 2.29. The van der Waals surface area contributed by atoms with Gasteiger partial charge < -0.3 is 14.8 Å². The van der Waals surface area contributed by atoms with Crippen LogP contribution in [0.3, 0.4) is 0 Å². The molecular formula is C36H39Cl3N4O5. The Bertz CT molecular complexity index is 1870. The molecule has 0 amide bonds. The van der Waals surface area contributed by atoms with E-state index < -0.39 is 5.97 Å². The van der Waals surface area contributed by atoms with E-state index in [1.807, 2.05) is 56.3 Å². The number of hydrogen-bond acceptors (Lipinski definition) is 6. The highest BCUT2D eigenvalue weighted by molar-refractivity contribution is 6.42. The van der Waals surface area contributed by atoms with Gasteiger partial charge in [0, 0.05) is 41.6 Å². The number of aromatic nitrogens is 2. The Labute approximate surface area is 294 Å². The van der Waals surface area contributed by atoms with E-state index in [0.29, 0.717) is 39.0 Å². The Morgan fingerprint density at radius 3 is 2.35 bits per heavy atom. The minimum atomic E-state index is -1.05. The van der Waals surface area contributed by atoms with E-state index in [0.717, 1.165) is 54.8 Å². The van der Waals surface area contributed by atoms with Crippen LogP contribution in [-0.4, -0.2) is 63.3 Å². The number of aryl methyl sites for hydroxylation is 1. The Kier molecular flexibility index (Phi) is 11.7. The first-order chi connectivity index (χ1) is 23.0. The first-order valence-electron chi connectivity index (χ1n) is 16.0. The summed E-state index contributed by atoms with van der Waals surface area (Å²) in [6.45, 7) is 5.65. The number of carbonyl (C=O) groups is 2. The average Bonchev–Trinajstić information content (AvgIpc) is 3.32. The lowest BCUT2D eigenvalue weighted by Crippen LogP contribution is -2.39. The minimum Gasteiger partial charge on any atom is -0.480 e. The number of Topliss-reactive ketones (excluding diaryl/α,β-unsaturated/α-hetero) is 1. The van der Waals surface area contributed by atoms with Crippen LogP contribution >= 0.6 is 34.8 Å². The van der Waals surface area contributed by atoms with Crippen LogP contribution in [-0.2, 0) is 16.2 Å². The fraction of sp³-hybridized carbons (Fsp3) is 0.389. The quantitative estimate of drug-likeness (QED) is 0.0859. The number of nitrogens with zero attached hydrogens (tertiary/aromatic N) is 4. The number of imidazole rings is 1. The van der Waals surface area contributed by atoms with E-state index in [4.69, 9.17) is 39.6 Å². The van der Waals surface area contributed by atoms with Gasteiger partial charge >= 0.3 is 11.7 Å². The summed E-state index contributed by atoms with van der Waals surface area (Å²) in [4.78, 5) is 46.1. The number of benzene rings is 3. The number of hydrogen-bond donors (Lipinski definition) is 1. The lowest BCUT2D eigenvalue weighted by Gasteiger charge is -2.33. The fourth-order valence-electron chi connectivity index (χ4n) is 6.77. The molecule has 1 aliphatic heterocycles. The SMILES string of the molecule is CO/N=C(\CC(C)C(=O)c1cc(C)cc(Cl)c1)C(CCN1CCC(n2c(=O)n(CC(=O)O)c3ccccc32)CC1)c1ccc(Cl)c(Cl)c1. The number of carboxylic acids is 1. The van der Waals surface area contributed by atoms with Crippen LogP contribution in [0, 0.1) is 12.8 Å². The maximum Gasteiger partial charge on any atom is 0.329 e. The van der Waals surface area contributed by atoms with E-state index in [9.17, 15) is 19.5 Å². The van der Waals surface area contributed by atoms with Gasteiger partial charge in [0.15, 0.2) is 5.78 Å². The number of rotatable bonds is 13. The van der Waals surface area contributed by atoms with Gasteiger partial charge in [0.05, 0.1) is 26.8 Å². The molecule has 1 N–H and O–H groups in total. The molecule has 1 saturated heterocycles. The number of ketones is 1. The largest absolute Gasteiger partial charge is 0.480 e. The molecule has 12 heteroatoms. The van der Waals surface area contributed by atoms with Crippen molar-refractivity contribution in [3.05, 3.63) is 103 Å². The van der Waals surface area contributed by atoms with Crippen molar-refractivity contribution in [3.8, 4) is 0 Å². The number of piperidine rings is 1. The Morgan fingerprint density at radius 2 is 1.71 bits per heavy atom. The number of fused-ring (bicyclic) bond motifs is 1. The van der Waals surface area contributed by atoms with E-state index in [2.05, 4.69) is 10.1 Å². The van der Waals surface area contributed by atoms with Gasteiger partial charge in [-0.3, -0.25) is 18.7 Å². The van der Waals surface area contributed by atoms with Crippen LogP contribution in [0.15, 0.2) is 70.6 Å². The van der Waals surface area contributed by atoms with Gasteiger partial charge in [0.2, 0.25) is 0 Å². The van der Waals surface area contributed by atoms with Crippen LogP contribution in [0.4, 0.5) is 0 Å². The Hall–Kier alpha value is -3.63. The predicted octanol–water partition coefficient (Wildman–Crippen LogP) is 7.88. The van der Waals surface area contributed by atoms with Gasteiger partial charge in [-0.1, -0.05) is 65.1 Å². The molecule has 1 aromatic heterocycles.